The molecule has 1 aliphatic rings. The zero-order valence-corrected chi connectivity index (χ0v) is 18.9. The number of nitrogens with two attached hydrogens (primary N) is 1. The van der Waals surface area contributed by atoms with Crippen LogP contribution in [-0.4, -0.2) is 52.8 Å². The summed E-state index contributed by atoms with van der Waals surface area (Å²) in [6, 6.07) is 5.51. The second-order valence-corrected chi connectivity index (χ2v) is 8.04. The molecular formula is C24H21F2N5O4. The van der Waals surface area contributed by atoms with Gasteiger partial charge in [-0.2, -0.15) is 9.97 Å². The van der Waals surface area contributed by atoms with E-state index in [2.05, 4.69) is 15.0 Å². The van der Waals surface area contributed by atoms with Crippen LogP contribution in [0.2, 0.25) is 0 Å². The molecule has 0 saturated carbocycles. The minimum absolute atomic E-state index is 0.0342. The van der Waals surface area contributed by atoms with Gasteiger partial charge in [0.25, 0.3) is 0 Å². The van der Waals surface area contributed by atoms with Gasteiger partial charge in [-0.15, -0.1) is 0 Å². The summed E-state index contributed by atoms with van der Waals surface area (Å²) < 4.78 is 41.9. The first-order valence-electron chi connectivity index (χ1n) is 10.9. The number of amides is 1. The summed E-state index contributed by atoms with van der Waals surface area (Å²) in [6.45, 7) is 1.94. The number of pyridine rings is 1. The number of rotatable bonds is 5. The number of aromatic nitrogens is 3. The van der Waals surface area contributed by atoms with Gasteiger partial charge in [0.15, 0.2) is 5.82 Å². The topological polar surface area (TPSA) is 124 Å². The van der Waals surface area contributed by atoms with E-state index in [1.165, 1.54) is 31.4 Å². The molecule has 3 N–H and O–H groups in total. The maximum Gasteiger partial charge on any atom is 0.318 e. The number of aryl methyl sites for hydroxylation is 1. The molecule has 1 aliphatic heterocycles. The van der Waals surface area contributed by atoms with E-state index in [-0.39, 0.29) is 65.3 Å². The van der Waals surface area contributed by atoms with Crippen molar-refractivity contribution < 1.29 is 28.2 Å². The van der Waals surface area contributed by atoms with Gasteiger partial charge in [0.1, 0.15) is 40.6 Å². The van der Waals surface area contributed by atoms with Gasteiger partial charge >= 0.3 is 6.01 Å². The SMILES string of the molecule is CCc1c(F)ccc2cc(O)cc(-c3nc4c5c(nc(OC)nc5c3F)N(CC(N)=O)CCO4)c12. The van der Waals surface area contributed by atoms with Crippen LogP contribution in [0.15, 0.2) is 24.3 Å². The monoisotopic (exact) mass is 481 g/mol. The summed E-state index contributed by atoms with van der Waals surface area (Å²) >= 11 is 0. The van der Waals surface area contributed by atoms with Crippen molar-refractivity contribution in [1.82, 2.24) is 15.0 Å². The van der Waals surface area contributed by atoms with Crippen LogP contribution in [-0.2, 0) is 11.2 Å². The van der Waals surface area contributed by atoms with Crippen LogP contribution in [0.25, 0.3) is 32.9 Å². The number of fused-ring (bicyclic) bond motifs is 1. The van der Waals surface area contributed by atoms with E-state index >= 15 is 4.39 Å². The van der Waals surface area contributed by atoms with Gasteiger partial charge in [0, 0.05) is 5.56 Å². The minimum atomic E-state index is -0.839. The number of hydrogen-bond donors (Lipinski definition) is 2. The molecule has 0 atom stereocenters. The summed E-state index contributed by atoms with van der Waals surface area (Å²) in [7, 11) is 1.33. The second kappa shape index (κ2) is 8.49. The summed E-state index contributed by atoms with van der Waals surface area (Å²) in [4.78, 5) is 26.1. The average molecular weight is 481 g/mol. The van der Waals surface area contributed by atoms with Gasteiger partial charge in [0.2, 0.25) is 11.8 Å². The normalized spacial score (nSPS) is 13.1. The number of hydrogen-bond acceptors (Lipinski definition) is 8. The molecule has 0 unspecified atom stereocenters. The maximum atomic E-state index is 16.2. The number of phenolic OH excluding ortho intramolecular Hbond substituents is 1. The number of halogens is 2. The van der Waals surface area contributed by atoms with Gasteiger partial charge in [-0.1, -0.05) is 13.0 Å². The van der Waals surface area contributed by atoms with Crippen LogP contribution in [0.1, 0.15) is 12.5 Å². The fourth-order valence-electron chi connectivity index (χ4n) is 4.44. The van der Waals surface area contributed by atoms with Crippen LogP contribution in [0.5, 0.6) is 17.6 Å². The van der Waals surface area contributed by atoms with Crippen molar-refractivity contribution in [3.63, 3.8) is 0 Å². The smallest absolute Gasteiger partial charge is 0.318 e. The molecule has 0 bridgehead atoms. The van der Waals surface area contributed by atoms with Gasteiger partial charge in [-0.05, 0) is 41.0 Å². The Balaban J connectivity index is 1.88. The number of ether oxygens (including phenoxy) is 2. The number of benzene rings is 2. The van der Waals surface area contributed by atoms with Crippen LogP contribution in [0.4, 0.5) is 14.6 Å². The molecule has 0 spiro atoms. The lowest BCUT2D eigenvalue weighted by Crippen LogP contribution is -2.36. The quantitative estimate of drug-likeness (QED) is 0.446. The predicted molar refractivity (Wildman–Crippen MR) is 125 cm³/mol. The molecule has 0 fully saturated rings. The lowest BCUT2D eigenvalue weighted by Gasteiger charge is -2.21. The Hall–Kier alpha value is -4.28. The number of anilines is 1. The highest BCUT2D eigenvalue weighted by atomic mass is 19.1. The Morgan fingerprint density at radius 3 is 2.74 bits per heavy atom. The van der Waals surface area contributed by atoms with Gasteiger partial charge in [-0.3, -0.25) is 4.79 Å². The Labute approximate surface area is 198 Å². The molecule has 180 valence electrons. The number of carbonyl (C=O) groups is 1. The lowest BCUT2D eigenvalue weighted by molar-refractivity contribution is -0.116. The van der Waals surface area contributed by atoms with Crippen LogP contribution >= 0.6 is 0 Å². The molecule has 2 aromatic heterocycles. The molecule has 4 aromatic rings. The fourth-order valence-corrected chi connectivity index (χ4v) is 4.44. The highest BCUT2D eigenvalue weighted by Gasteiger charge is 2.29. The zero-order valence-electron chi connectivity index (χ0n) is 18.9. The third-order valence-corrected chi connectivity index (χ3v) is 5.90. The van der Waals surface area contributed by atoms with Crippen LogP contribution in [0.3, 0.4) is 0 Å². The van der Waals surface area contributed by atoms with Crippen molar-refractivity contribution in [1.29, 1.82) is 0 Å². The molecule has 35 heavy (non-hydrogen) atoms. The van der Waals surface area contributed by atoms with Crippen molar-refractivity contribution in [2.45, 2.75) is 13.3 Å². The summed E-state index contributed by atoms with van der Waals surface area (Å²) in [5.41, 5.74) is 5.60. The molecule has 9 nitrogen and oxygen atoms in total. The van der Waals surface area contributed by atoms with E-state index in [0.29, 0.717) is 22.8 Å². The lowest BCUT2D eigenvalue weighted by atomic mass is 9.94. The number of primary amides is 1. The zero-order chi connectivity index (χ0) is 24.9. The molecule has 3 heterocycles. The number of methoxy groups -OCH3 is 1. The third-order valence-electron chi connectivity index (χ3n) is 5.90. The van der Waals surface area contributed by atoms with Crippen LogP contribution < -0.4 is 20.1 Å². The second-order valence-electron chi connectivity index (χ2n) is 8.04. The Bertz CT molecular complexity index is 1510. The molecule has 0 radical (unpaired) electrons. The van der Waals surface area contributed by atoms with E-state index in [1.807, 2.05) is 0 Å². The number of aromatic hydroxyl groups is 1. The summed E-state index contributed by atoms with van der Waals surface area (Å²) in [6.07, 6.45) is 0.335. The summed E-state index contributed by atoms with van der Waals surface area (Å²) in [5, 5.41) is 11.5. The fraction of sp³-hybridized carbons (Fsp3) is 0.250. The highest BCUT2D eigenvalue weighted by molar-refractivity contribution is 6.03. The van der Waals surface area contributed by atoms with Crippen LogP contribution in [0, 0.1) is 11.6 Å². The first-order chi connectivity index (χ1) is 16.8. The van der Waals surface area contributed by atoms with Crippen molar-refractivity contribution in [3.05, 3.63) is 41.5 Å². The molecule has 1 amide bonds. The Morgan fingerprint density at radius 2 is 2.03 bits per heavy atom. The minimum Gasteiger partial charge on any atom is -0.508 e. The van der Waals surface area contributed by atoms with Gasteiger partial charge in [-0.25, -0.2) is 13.8 Å². The first kappa shape index (κ1) is 22.5. The number of carbonyl (C=O) groups excluding carboxylic acids is 1. The van der Waals surface area contributed by atoms with E-state index in [0.717, 1.165) is 0 Å². The highest BCUT2D eigenvalue weighted by Crippen LogP contribution is 2.42. The number of nitrogens with zero attached hydrogens (tertiary/aromatic N) is 4. The standard InChI is InChI=1S/C24H21F2N5O4/c1-3-13-15(25)5-4-11-8-12(32)9-14(17(11)13)20-19(26)21-18-22(30-24(29-21)34-2)31(10-16(27)33)6-7-35-23(18)28-20/h4-5,8-9,32H,3,6-7,10H2,1-2H3,(H2,27,33). The molecule has 0 aliphatic carbocycles. The van der Waals surface area contributed by atoms with E-state index in [9.17, 15) is 14.3 Å². The molecule has 5 rings (SSSR count). The van der Waals surface area contributed by atoms with Crippen molar-refractivity contribution in [2.75, 3.05) is 31.7 Å². The molecule has 0 saturated heterocycles. The van der Waals surface area contributed by atoms with Gasteiger partial charge < -0.3 is 25.2 Å². The molecule has 2 aromatic carbocycles. The number of phenols is 1. The van der Waals surface area contributed by atoms with E-state index < -0.39 is 17.5 Å². The largest absolute Gasteiger partial charge is 0.508 e. The van der Waals surface area contributed by atoms with E-state index in [1.54, 1.807) is 11.8 Å². The van der Waals surface area contributed by atoms with E-state index in [4.69, 9.17) is 15.2 Å². The average Bonchev–Trinajstić information content (AvgIpc) is 3.00. The van der Waals surface area contributed by atoms with Crippen molar-refractivity contribution >= 4 is 33.4 Å². The molecular weight excluding hydrogens is 460 g/mol. The predicted octanol–water partition coefficient (Wildman–Crippen LogP) is 3.08. The molecule has 11 heteroatoms. The van der Waals surface area contributed by atoms with Crippen molar-refractivity contribution in [3.8, 4) is 28.9 Å². The Kier molecular flexibility index (Phi) is 5.46. The maximum absolute atomic E-state index is 16.2. The first-order valence-corrected chi connectivity index (χ1v) is 10.9. The van der Waals surface area contributed by atoms with Crippen molar-refractivity contribution in [2.24, 2.45) is 5.73 Å². The summed E-state index contributed by atoms with van der Waals surface area (Å²) in [5.74, 6) is -1.80. The third kappa shape index (κ3) is 3.69. The Morgan fingerprint density at radius 1 is 1.23 bits per heavy atom. The van der Waals surface area contributed by atoms with Gasteiger partial charge in [0.05, 0.1) is 20.2 Å².